The van der Waals surface area contributed by atoms with Gasteiger partial charge >= 0.3 is 0 Å². The van der Waals surface area contributed by atoms with Crippen molar-refractivity contribution in [2.45, 2.75) is 13.5 Å². The first-order valence-electron chi connectivity index (χ1n) is 5.47. The molecule has 0 radical (unpaired) electrons. The van der Waals surface area contributed by atoms with Gasteiger partial charge in [0.1, 0.15) is 11.6 Å². The van der Waals surface area contributed by atoms with Gasteiger partial charge in [-0.3, -0.25) is 5.10 Å². The van der Waals surface area contributed by atoms with Crippen LogP contribution in [0.1, 0.15) is 11.3 Å². The molecule has 0 amide bonds. The maximum Gasteiger partial charge on any atom is 0.148 e. The van der Waals surface area contributed by atoms with Gasteiger partial charge < -0.3 is 15.8 Å². The highest BCUT2D eigenvalue weighted by atomic mass is 19.1. The standard InChI is InChI=1S/C12H15FN4O/c1-7-8(6-16-17-7)5-15-11-4-12(18-2)10(14)3-9(11)13/h3-4,6,15H,5,14H2,1-2H3,(H,16,17). The summed E-state index contributed by atoms with van der Waals surface area (Å²) in [5.74, 6) is 0.0391. The predicted molar refractivity (Wildman–Crippen MR) is 68.0 cm³/mol. The Hall–Kier alpha value is -2.24. The lowest BCUT2D eigenvalue weighted by atomic mass is 10.2. The molecular formula is C12H15FN4O. The van der Waals surface area contributed by atoms with E-state index < -0.39 is 5.82 Å². The smallest absolute Gasteiger partial charge is 0.148 e. The minimum atomic E-state index is -0.408. The van der Waals surface area contributed by atoms with Gasteiger partial charge in [-0.2, -0.15) is 5.10 Å². The van der Waals surface area contributed by atoms with E-state index in [0.29, 0.717) is 18.0 Å². The number of halogens is 1. The van der Waals surface area contributed by atoms with Crippen LogP contribution in [-0.2, 0) is 6.54 Å². The van der Waals surface area contributed by atoms with Gasteiger partial charge in [-0.15, -0.1) is 0 Å². The molecule has 0 saturated carbocycles. The van der Waals surface area contributed by atoms with Gasteiger partial charge in [0.25, 0.3) is 0 Å². The van der Waals surface area contributed by atoms with Crippen molar-refractivity contribution in [1.29, 1.82) is 0 Å². The van der Waals surface area contributed by atoms with Gasteiger partial charge in [0.2, 0.25) is 0 Å². The number of nitrogens with two attached hydrogens (primary N) is 1. The lowest BCUT2D eigenvalue weighted by molar-refractivity contribution is 0.416. The molecule has 1 aromatic heterocycles. The van der Waals surface area contributed by atoms with E-state index in [1.165, 1.54) is 13.2 Å². The lowest BCUT2D eigenvalue weighted by Crippen LogP contribution is -2.03. The summed E-state index contributed by atoms with van der Waals surface area (Å²) in [6, 6.07) is 2.78. The number of aryl methyl sites for hydroxylation is 1. The molecule has 0 aliphatic carbocycles. The normalized spacial score (nSPS) is 10.4. The highest BCUT2D eigenvalue weighted by molar-refractivity contribution is 5.62. The van der Waals surface area contributed by atoms with Crippen LogP contribution in [0.2, 0.25) is 0 Å². The van der Waals surface area contributed by atoms with Crippen molar-refractivity contribution in [2.24, 2.45) is 0 Å². The molecule has 0 bridgehead atoms. The Bertz CT molecular complexity index is 553. The molecule has 5 nitrogen and oxygen atoms in total. The van der Waals surface area contributed by atoms with Crippen LogP contribution < -0.4 is 15.8 Å². The SMILES string of the molecule is COc1cc(NCc2cn[nH]c2C)c(F)cc1N. The van der Waals surface area contributed by atoms with E-state index in [-0.39, 0.29) is 5.69 Å². The van der Waals surface area contributed by atoms with Crippen LogP contribution >= 0.6 is 0 Å². The zero-order valence-electron chi connectivity index (χ0n) is 10.2. The minimum absolute atomic E-state index is 0.278. The molecule has 0 spiro atoms. The maximum absolute atomic E-state index is 13.7. The summed E-state index contributed by atoms with van der Waals surface area (Å²) < 4.78 is 18.7. The number of methoxy groups -OCH3 is 1. The number of benzene rings is 1. The number of rotatable bonds is 4. The number of H-pyrrole nitrogens is 1. The van der Waals surface area contributed by atoms with E-state index in [0.717, 1.165) is 11.3 Å². The highest BCUT2D eigenvalue weighted by Crippen LogP contribution is 2.28. The fourth-order valence-electron chi connectivity index (χ4n) is 1.63. The Kier molecular flexibility index (Phi) is 3.36. The molecule has 2 aromatic rings. The van der Waals surface area contributed by atoms with Crippen LogP contribution in [0.25, 0.3) is 0 Å². The summed E-state index contributed by atoms with van der Waals surface area (Å²) in [6.45, 7) is 2.39. The first-order valence-corrected chi connectivity index (χ1v) is 5.47. The molecule has 1 aromatic carbocycles. The van der Waals surface area contributed by atoms with Crippen molar-refractivity contribution in [2.75, 3.05) is 18.2 Å². The van der Waals surface area contributed by atoms with Crippen molar-refractivity contribution >= 4 is 11.4 Å². The topological polar surface area (TPSA) is 76.0 Å². The molecule has 2 rings (SSSR count). The van der Waals surface area contributed by atoms with Crippen molar-refractivity contribution in [3.05, 3.63) is 35.4 Å². The largest absolute Gasteiger partial charge is 0.495 e. The average Bonchev–Trinajstić information content (AvgIpc) is 2.74. The van der Waals surface area contributed by atoms with E-state index in [9.17, 15) is 4.39 Å². The van der Waals surface area contributed by atoms with E-state index in [1.807, 2.05) is 6.92 Å². The molecule has 0 fully saturated rings. The molecule has 0 aliphatic rings. The van der Waals surface area contributed by atoms with Gasteiger partial charge in [-0.1, -0.05) is 0 Å². The summed E-state index contributed by atoms with van der Waals surface area (Å²) in [5.41, 5.74) is 8.16. The number of aromatic amines is 1. The summed E-state index contributed by atoms with van der Waals surface area (Å²) in [6.07, 6.45) is 1.70. The third kappa shape index (κ3) is 2.37. The number of anilines is 2. The summed E-state index contributed by atoms with van der Waals surface area (Å²) in [5, 5.41) is 9.71. The summed E-state index contributed by atoms with van der Waals surface area (Å²) in [7, 11) is 1.49. The van der Waals surface area contributed by atoms with Crippen LogP contribution in [0.4, 0.5) is 15.8 Å². The first-order chi connectivity index (χ1) is 8.61. The van der Waals surface area contributed by atoms with Crippen molar-refractivity contribution in [3.8, 4) is 5.75 Å². The number of ether oxygens (including phenoxy) is 1. The molecule has 1 heterocycles. The Morgan fingerprint density at radius 3 is 2.89 bits per heavy atom. The molecule has 96 valence electrons. The fraction of sp³-hybridized carbons (Fsp3) is 0.250. The Morgan fingerprint density at radius 1 is 1.50 bits per heavy atom. The molecule has 0 atom stereocenters. The minimum Gasteiger partial charge on any atom is -0.495 e. The average molecular weight is 250 g/mol. The van der Waals surface area contributed by atoms with E-state index >= 15 is 0 Å². The predicted octanol–water partition coefficient (Wildman–Crippen LogP) is 2.06. The maximum atomic E-state index is 13.7. The van der Waals surface area contributed by atoms with Crippen LogP contribution in [-0.4, -0.2) is 17.3 Å². The van der Waals surface area contributed by atoms with E-state index in [1.54, 1.807) is 12.3 Å². The molecule has 0 unspecified atom stereocenters. The van der Waals surface area contributed by atoms with Crippen LogP contribution in [0, 0.1) is 12.7 Å². The number of hydrogen-bond acceptors (Lipinski definition) is 4. The number of aromatic nitrogens is 2. The lowest BCUT2D eigenvalue weighted by Gasteiger charge is -2.11. The Balaban J connectivity index is 2.16. The molecule has 0 saturated heterocycles. The van der Waals surface area contributed by atoms with Crippen LogP contribution in [0.3, 0.4) is 0 Å². The van der Waals surface area contributed by atoms with Crippen molar-refractivity contribution in [1.82, 2.24) is 10.2 Å². The van der Waals surface area contributed by atoms with Gasteiger partial charge in [-0.25, -0.2) is 4.39 Å². The zero-order valence-corrected chi connectivity index (χ0v) is 10.2. The quantitative estimate of drug-likeness (QED) is 0.726. The second-order valence-corrected chi connectivity index (χ2v) is 3.95. The van der Waals surface area contributed by atoms with Crippen molar-refractivity contribution < 1.29 is 9.13 Å². The van der Waals surface area contributed by atoms with Crippen LogP contribution in [0.15, 0.2) is 18.3 Å². The molecule has 18 heavy (non-hydrogen) atoms. The molecule has 0 aliphatic heterocycles. The van der Waals surface area contributed by atoms with Crippen LogP contribution in [0.5, 0.6) is 5.75 Å². The van der Waals surface area contributed by atoms with Gasteiger partial charge in [0.05, 0.1) is 24.7 Å². The molecular weight excluding hydrogens is 235 g/mol. The monoisotopic (exact) mass is 250 g/mol. The van der Waals surface area contributed by atoms with Gasteiger partial charge in [0.15, 0.2) is 0 Å². The third-order valence-corrected chi connectivity index (χ3v) is 2.72. The van der Waals surface area contributed by atoms with Gasteiger partial charge in [-0.05, 0) is 6.92 Å². The molecule has 6 heteroatoms. The summed E-state index contributed by atoms with van der Waals surface area (Å²) >= 11 is 0. The Morgan fingerprint density at radius 2 is 2.28 bits per heavy atom. The zero-order chi connectivity index (χ0) is 13.1. The third-order valence-electron chi connectivity index (χ3n) is 2.72. The fourth-order valence-corrected chi connectivity index (χ4v) is 1.63. The van der Waals surface area contributed by atoms with E-state index in [4.69, 9.17) is 10.5 Å². The van der Waals surface area contributed by atoms with Crippen molar-refractivity contribution in [3.63, 3.8) is 0 Å². The number of nitrogen functional groups attached to an aromatic ring is 1. The number of nitrogens with one attached hydrogen (secondary N) is 2. The highest BCUT2D eigenvalue weighted by Gasteiger charge is 2.09. The summed E-state index contributed by atoms with van der Waals surface area (Å²) in [4.78, 5) is 0. The number of nitrogens with zero attached hydrogens (tertiary/aromatic N) is 1. The van der Waals surface area contributed by atoms with E-state index in [2.05, 4.69) is 15.5 Å². The second-order valence-electron chi connectivity index (χ2n) is 3.95. The molecule has 4 N–H and O–H groups in total. The second kappa shape index (κ2) is 4.95. The Labute approximate surface area is 104 Å². The van der Waals surface area contributed by atoms with Gasteiger partial charge in [0, 0.05) is 29.9 Å². The first kappa shape index (κ1) is 12.2. The number of hydrogen-bond donors (Lipinski definition) is 3.